The monoisotopic (exact) mass is 364 g/mol. The fraction of sp³-hybridized carbons (Fsp3) is 0.650. The SMILES string of the molecule is CC.COC(=O)N1CCC2=CC(OC)C=CC=C2C1CN1CCOCC1. The summed E-state index contributed by atoms with van der Waals surface area (Å²) in [6.07, 6.45) is 8.89. The summed E-state index contributed by atoms with van der Waals surface area (Å²) in [7, 11) is 3.16. The van der Waals surface area contributed by atoms with E-state index in [4.69, 9.17) is 14.2 Å². The van der Waals surface area contributed by atoms with Crippen LogP contribution in [0.1, 0.15) is 20.3 Å². The van der Waals surface area contributed by atoms with Crippen molar-refractivity contribution >= 4 is 6.09 Å². The zero-order valence-corrected chi connectivity index (χ0v) is 16.4. The number of nitrogens with zero attached hydrogens (tertiary/aromatic N) is 2. The number of ether oxygens (including phenoxy) is 3. The van der Waals surface area contributed by atoms with Crippen LogP contribution in [-0.4, -0.2) is 81.7 Å². The number of piperidine rings is 1. The van der Waals surface area contributed by atoms with Crippen LogP contribution in [0.2, 0.25) is 0 Å². The zero-order valence-electron chi connectivity index (χ0n) is 16.4. The Balaban J connectivity index is 0.00000117. The van der Waals surface area contributed by atoms with E-state index in [1.165, 1.54) is 18.3 Å². The molecular formula is C20H32N2O4. The summed E-state index contributed by atoms with van der Waals surface area (Å²) in [6, 6.07) is -0.00388. The van der Waals surface area contributed by atoms with Crippen LogP contribution in [0.4, 0.5) is 4.79 Å². The first-order valence-electron chi connectivity index (χ1n) is 9.50. The lowest BCUT2D eigenvalue weighted by Crippen LogP contribution is -2.52. The lowest BCUT2D eigenvalue weighted by molar-refractivity contribution is 0.0248. The summed E-state index contributed by atoms with van der Waals surface area (Å²) < 4.78 is 15.9. The van der Waals surface area contributed by atoms with Crippen LogP contribution in [0.25, 0.3) is 0 Å². The van der Waals surface area contributed by atoms with Crippen LogP contribution in [-0.2, 0) is 14.2 Å². The number of carbonyl (C=O) groups is 1. The van der Waals surface area contributed by atoms with Gasteiger partial charge in [0.05, 0.1) is 32.5 Å². The highest BCUT2D eigenvalue weighted by molar-refractivity contribution is 5.70. The quantitative estimate of drug-likeness (QED) is 0.771. The molecule has 3 aliphatic rings. The van der Waals surface area contributed by atoms with Crippen LogP contribution in [0.3, 0.4) is 0 Å². The molecule has 0 N–H and O–H groups in total. The van der Waals surface area contributed by atoms with E-state index in [1.54, 1.807) is 7.11 Å². The van der Waals surface area contributed by atoms with Crippen LogP contribution >= 0.6 is 0 Å². The fourth-order valence-electron chi connectivity index (χ4n) is 3.55. The molecule has 1 amide bonds. The molecule has 146 valence electrons. The van der Waals surface area contributed by atoms with Gasteiger partial charge in [0.2, 0.25) is 0 Å². The van der Waals surface area contributed by atoms with Gasteiger partial charge in [-0.15, -0.1) is 0 Å². The van der Waals surface area contributed by atoms with E-state index in [-0.39, 0.29) is 18.2 Å². The van der Waals surface area contributed by atoms with Crippen molar-refractivity contribution in [2.45, 2.75) is 32.4 Å². The number of methoxy groups -OCH3 is 2. The first-order chi connectivity index (χ1) is 12.7. The number of fused-ring (bicyclic) bond motifs is 1. The van der Waals surface area contributed by atoms with E-state index in [2.05, 4.69) is 17.1 Å². The molecule has 0 bridgehead atoms. The van der Waals surface area contributed by atoms with Crippen LogP contribution in [0.15, 0.2) is 35.5 Å². The van der Waals surface area contributed by atoms with Gasteiger partial charge in [0, 0.05) is 33.3 Å². The van der Waals surface area contributed by atoms with E-state index in [0.717, 1.165) is 39.3 Å². The van der Waals surface area contributed by atoms with Crippen molar-refractivity contribution < 1.29 is 19.0 Å². The molecular weight excluding hydrogens is 332 g/mol. The highest BCUT2D eigenvalue weighted by Crippen LogP contribution is 2.31. The Kier molecular flexibility index (Phi) is 8.35. The minimum Gasteiger partial charge on any atom is -0.453 e. The van der Waals surface area contributed by atoms with Gasteiger partial charge < -0.3 is 14.2 Å². The third-order valence-corrected chi connectivity index (χ3v) is 4.89. The molecule has 0 saturated carbocycles. The topological polar surface area (TPSA) is 51.2 Å². The Hall–Kier alpha value is -1.63. The molecule has 2 unspecified atom stereocenters. The van der Waals surface area contributed by atoms with Crippen molar-refractivity contribution in [2.24, 2.45) is 0 Å². The molecule has 0 aromatic rings. The summed E-state index contributed by atoms with van der Waals surface area (Å²) in [5.41, 5.74) is 2.46. The number of likely N-dealkylation sites (tertiary alicyclic amines) is 1. The summed E-state index contributed by atoms with van der Waals surface area (Å²) in [4.78, 5) is 16.5. The van der Waals surface area contributed by atoms with Gasteiger partial charge in [0.1, 0.15) is 0 Å². The predicted octanol–water partition coefficient (Wildman–Crippen LogP) is 2.62. The third kappa shape index (κ3) is 4.96. The number of amides is 1. The van der Waals surface area contributed by atoms with E-state index in [0.29, 0.717) is 6.54 Å². The van der Waals surface area contributed by atoms with Gasteiger partial charge in [-0.1, -0.05) is 32.1 Å². The molecule has 1 aliphatic carbocycles. The van der Waals surface area contributed by atoms with Crippen LogP contribution in [0.5, 0.6) is 0 Å². The molecule has 2 aliphatic heterocycles. The maximum Gasteiger partial charge on any atom is 0.410 e. The van der Waals surface area contributed by atoms with Gasteiger partial charge in [-0.05, 0) is 23.6 Å². The predicted molar refractivity (Wildman–Crippen MR) is 102 cm³/mol. The fourth-order valence-corrected chi connectivity index (χ4v) is 3.55. The number of rotatable bonds is 3. The van der Waals surface area contributed by atoms with E-state index < -0.39 is 0 Å². The van der Waals surface area contributed by atoms with Crippen LogP contribution in [0, 0.1) is 0 Å². The molecule has 0 aromatic heterocycles. The van der Waals surface area contributed by atoms with Crippen molar-refractivity contribution in [2.75, 3.05) is 53.6 Å². The van der Waals surface area contributed by atoms with E-state index >= 15 is 0 Å². The lowest BCUT2D eigenvalue weighted by atomic mass is 9.89. The molecule has 2 saturated heterocycles. The van der Waals surface area contributed by atoms with Gasteiger partial charge in [-0.25, -0.2) is 4.79 Å². The summed E-state index contributed by atoms with van der Waals surface area (Å²) in [5.74, 6) is 0. The molecule has 3 rings (SSSR count). The lowest BCUT2D eigenvalue weighted by Gasteiger charge is -2.41. The number of hydrogen-bond donors (Lipinski definition) is 0. The maximum absolute atomic E-state index is 12.3. The number of hydrogen-bond acceptors (Lipinski definition) is 5. The Bertz CT molecular complexity index is 550. The third-order valence-electron chi connectivity index (χ3n) is 4.89. The van der Waals surface area contributed by atoms with E-state index in [9.17, 15) is 4.79 Å². The minimum atomic E-state index is -0.260. The Morgan fingerprint density at radius 3 is 2.62 bits per heavy atom. The van der Waals surface area contributed by atoms with Crippen molar-refractivity contribution in [1.82, 2.24) is 9.80 Å². The maximum atomic E-state index is 12.3. The van der Waals surface area contributed by atoms with Crippen molar-refractivity contribution in [1.29, 1.82) is 0 Å². The molecule has 0 aromatic carbocycles. The summed E-state index contributed by atoms with van der Waals surface area (Å²) >= 11 is 0. The molecule has 2 atom stereocenters. The Labute approximate surface area is 157 Å². The van der Waals surface area contributed by atoms with Crippen molar-refractivity contribution in [3.8, 4) is 0 Å². The standard InChI is InChI=1S/C18H26N2O4.C2H6/c1-22-15-4-3-5-16-14(12-15)6-7-20(18(21)23-2)17(16)13-19-8-10-24-11-9-19;1-2/h3-5,12,15,17H,6-11,13H2,1-2H3;1-2H3. The number of allylic oxidation sites excluding steroid dienone is 2. The van der Waals surface area contributed by atoms with Gasteiger partial charge >= 0.3 is 6.09 Å². The smallest absolute Gasteiger partial charge is 0.410 e. The highest BCUT2D eigenvalue weighted by atomic mass is 16.5. The average Bonchev–Trinajstić information content (AvgIpc) is 2.92. The minimum absolute atomic E-state index is 0.00388. The molecule has 0 radical (unpaired) electrons. The molecule has 2 fully saturated rings. The highest BCUT2D eigenvalue weighted by Gasteiger charge is 2.35. The second-order valence-electron chi connectivity index (χ2n) is 6.24. The Morgan fingerprint density at radius 1 is 1.23 bits per heavy atom. The van der Waals surface area contributed by atoms with Crippen molar-refractivity contribution in [3.05, 3.63) is 35.5 Å². The first kappa shape index (κ1) is 20.7. The summed E-state index contributed by atoms with van der Waals surface area (Å²) in [6.45, 7) is 8.76. The Morgan fingerprint density at radius 2 is 1.96 bits per heavy atom. The van der Waals surface area contributed by atoms with Gasteiger partial charge in [0.15, 0.2) is 0 Å². The zero-order chi connectivity index (χ0) is 18.9. The molecule has 26 heavy (non-hydrogen) atoms. The molecule has 6 heteroatoms. The van der Waals surface area contributed by atoms with Gasteiger partial charge in [-0.2, -0.15) is 0 Å². The normalized spacial score (nSPS) is 25.9. The molecule has 0 spiro atoms. The first-order valence-corrected chi connectivity index (χ1v) is 9.50. The number of morpholine rings is 1. The molecule has 2 heterocycles. The van der Waals surface area contributed by atoms with Gasteiger partial charge in [0.25, 0.3) is 0 Å². The van der Waals surface area contributed by atoms with Gasteiger partial charge in [-0.3, -0.25) is 9.80 Å². The van der Waals surface area contributed by atoms with E-state index in [1.807, 2.05) is 30.9 Å². The largest absolute Gasteiger partial charge is 0.453 e. The second-order valence-corrected chi connectivity index (χ2v) is 6.24. The summed E-state index contributed by atoms with van der Waals surface area (Å²) in [5, 5.41) is 0. The average molecular weight is 364 g/mol. The molecule has 6 nitrogen and oxygen atoms in total. The van der Waals surface area contributed by atoms with Crippen LogP contribution < -0.4 is 0 Å². The number of carbonyl (C=O) groups excluding carboxylic acids is 1. The van der Waals surface area contributed by atoms with Crippen molar-refractivity contribution in [3.63, 3.8) is 0 Å². The second kappa shape index (κ2) is 10.5.